The summed E-state index contributed by atoms with van der Waals surface area (Å²) in [5.41, 5.74) is -0.312. The molecule has 0 spiro atoms. The van der Waals surface area contributed by atoms with Crippen LogP contribution in [0.4, 0.5) is 32.2 Å². The molecule has 0 saturated heterocycles. The van der Waals surface area contributed by atoms with Crippen LogP contribution in [0.5, 0.6) is 5.75 Å². The van der Waals surface area contributed by atoms with Crippen LogP contribution in [-0.2, 0) is 17.5 Å². The van der Waals surface area contributed by atoms with Gasteiger partial charge in [-0.3, -0.25) is 0 Å². The Kier molecular flexibility index (Phi) is 6.70. The van der Waals surface area contributed by atoms with Crippen LogP contribution in [0.2, 0.25) is 5.02 Å². The largest absolute Gasteiger partial charge is 0.573 e. The number of aromatic nitrogens is 1. The van der Waals surface area contributed by atoms with E-state index in [0.29, 0.717) is 12.0 Å². The van der Waals surface area contributed by atoms with Crippen LogP contribution in [0.15, 0.2) is 48.8 Å². The molecular formula is C20H17ClF6N2O2. The van der Waals surface area contributed by atoms with Gasteiger partial charge in [-0.15, -0.1) is 13.2 Å². The van der Waals surface area contributed by atoms with Crippen molar-refractivity contribution in [2.75, 3.05) is 4.90 Å². The van der Waals surface area contributed by atoms with E-state index in [1.807, 2.05) is 6.08 Å². The van der Waals surface area contributed by atoms with Crippen LogP contribution >= 0.6 is 11.6 Å². The van der Waals surface area contributed by atoms with Crippen molar-refractivity contribution in [1.29, 1.82) is 0 Å². The average molecular weight is 467 g/mol. The SMILES string of the molecule is CC(OCc1ccc(OC(F)(F)F)cc1)C1CC=CN1c1ncc(C(F)(F)F)cc1Cl. The highest BCUT2D eigenvalue weighted by atomic mass is 35.5. The minimum atomic E-state index is -4.76. The predicted molar refractivity (Wildman–Crippen MR) is 102 cm³/mol. The number of anilines is 1. The van der Waals surface area contributed by atoms with E-state index in [1.165, 1.54) is 24.3 Å². The Morgan fingerprint density at radius 1 is 1.16 bits per heavy atom. The molecule has 1 aromatic carbocycles. The van der Waals surface area contributed by atoms with Crippen LogP contribution in [0, 0.1) is 0 Å². The maximum absolute atomic E-state index is 12.8. The monoisotopic (exact) mass is 466 g/mol. The molecule has 3 rings (SSSR count). The van der Waals surface area contributed by atoms with Gasteiger partial charge in [0, 0.05) is 12.4 Å². The molecule has 0 fully saturated rings. The third-order valence-electron chi connectivity index (χ3n) is 4.61. The number of nitrogens with zero attached hydrogens (tertiary/aromatic N) is 2. The molecule has 1 aliphatic rings. The first-order valence-electron chi connectivity index (χ1n) is 9.08. The number of ether oxygens (including phenoxy) is 2. The highest BCUT2D eigenvalue weighted by Gasteiger charge is 2.34. The second kappa shape index (κ2) is 8.96. The third kappa shape index (κ3) is 6.04. The fourth-order valence-corrected chi connectivity index (χ4v) is 3.35. The first-order chi connectivity index (χ1) is 14.4. The number of alkyl halides is 6. The Balaban J connectivity index is 1.64. The minimum Gasteiger partial charge on any atom is -0.406 e. The zero-order valence-corrected chi connectivity index (χ0v) is 16.8. The molecule has 1 aromatic heterocycles. The minimum absolute atomic E-state index is 0.117. The van der Waals surface area contributed by atoms with Gasteiger partial charge in [0.25, 0.3) is 0 Å². The molecule has 0 N–H and O–H groups in total. The van der Waals surface area contributed by atoms with E-state index >= 15 is 0 Å². The van der Waals surface area contributed by atoms with Gasteiger partial charge in [-0.2, -0.15) is 13.2 Å². The summed E-state index contributed by atoms with van der Waals surface area (Å²) in [4.78, 5) is 5.52. The number of hydrogen-bond acceptors (Lipinski definition) is 4. The van der Waals surface area contributed by atoms with E-state index in [-0.39, 0.29) is 35.3 Å². The van der Waals surface area contributed by atoms with Crippen molar-refractivity contribution < 1.29 is 35.8 Å². The molecule has 2 unspecified atom stereocenters. The average Bonchev–Trinajstić information content (AvgIpc) is 3.15. The standard InChI is InChI=1S/C20H17ClF6N2O2/c1-12(30-11-13-4-6-15(7-5-13)31-20(25,26)27)17-3-2-8-29(17)18-16(21)9-14(10-28-18)19(22,23)24/h2,4-10,12,17H,3,11H2,1H3. The van der Waals surface area contributed by atoms with Crippen molar-refractivity contribution in [1.82, 2.24) is 4.98 Å². The second-order valence-electron chi connectivity index (χ2n) is 6.83. The topological polar surface area (TPSA) is 34.6 Å². The lowest BCUT2D eigenvalue weighted by Crippen LogP contribution is -2.38. The van der Waals surface area contributed by atoms with E-state index in [4.69, 9.17) is 16.3 Å². The third-order valence-corrected chi connectivity index (χ3v) is 4.88. The molecule has 0 aliphatic carbocycles. The van der Waals surface area contributed by atoms with Crippen molar-refractivity contribution in [3.63, 3.8) is 0 Å². The molecule has 4 nitrogen and oxygen atoms in total. The summed E-state index contributed by atoms with van der Waals surface area (Å²) in [5, 5.41) is -0.140. The van der Waals surface area contributed by atoms with Gasteiger partial charge < -0.3 is 14.4 Å². The Hall–Kier alpha value is -2.46. The Bertz CT molecular complexity index is 931. The summed E-state index contributed by atoms with van der Waals surface area (Å²) in [6.07, 6.45) is -4.93. The predicted octanol–water partition coefficient (Wildman–Crippen LogP) is 6.35. The summed E-state index contributed by atoms with van der Waals surface area (Å²) in [6.45, 7) is 1.90. The van der Waals surface area contributed by atoms with Crippen LogP contribution in [0.1, 0.15) is 24.5 Å². The highest BCUT2D eigenvalue weighted by Crippen LogP contribution is 2.36. The zero-order chi connectivity index (χ0) is 22.8. The Morgan fingerprint density at radius 2 is 1.84 bits per heavy atom. The first kappa shape index (κ1) is 23.2. The lowest BCUT2D eigenvalue weighted by molar-refractivity contribution is -0.274. The fourth-order valence-electron chi connectivity index (χ4n) is 3.09. The summed E-state index contributed by atoms with van der Waals surface area (Å²) in [6, 6.07) is 5.83. The molecule has 0 bridgehead atoms. The van der Waals surface area contributed by atoms with Crippen LogP contribution in [0.25, 0.3) is 0 Å². The lowest BCUT2D eigenvalue weighted by atomic mass is 10.1. The summed E-state index contributed by atoms with van der Waals surface area (Å²) in [7, 11) is 0. The number of halogens is 7. The molecule has 11 heteroatoms. The van der Waals surface area contributed by atoms with Gasteiger partial charge in [-0.05, 0) is 37.1 Å². The number of hydrogen-bond donors (Lipinski definition) is 0. The van der Waals surface area contributed by atoms with Gasteiger partial charge in [0.2, 0.25) is 0 Å². The second-order valence-corrected chi connectivity index (χ2v) is 7.24. The van der Waals surface area contributed by atoms with E-state index in [0.717, 1.165) is 12.3 Å². The maximum atomic E-state index is 12.8. The summed E-state index contributed by atoms with van der Waals surface area (Å²) >= 11 is 6.05. The van der Waals surface area contributed by atoms with Crippen molar-refractivity contribution in [2.24, 2.45) is 0 Å². The molecule has 0 radical (unpaired) electrons. The zero-order valence-electron chi connectivity index (χ0n) is 16.0. The normalized spacial score (nSPS) is 17.8. The van der Waals surface area contributed by atoms with Gasteiger partial charge in [-0.1, -0.05) is 29.8 Å². The van der Waals surface area contributed by atoms with E-state index in [9.17, 15) is 26.3 Å². The van der Waals surface area contributed by atoms with E-state index < -0.39 is 18.1 Å². The number of pyridine rings is 1. The van der Waals surface area contributed by atoms with Crippen LogP contribution in [0.3, 0.4) is 0 Å². The van der Waals surface area contributed by atoms with Gasteiger partial charge in [0.15, 0.2) is 5.82 Å². The van der Waals surface area contributed by atoms with Crippen molar-refractivity contribution >= 4 is 17.4 Å². The molecule has 2 atom stereocenters. The van der Waals surface area contributed by atoms with Crippen molar-refractivity contribution in [2.45, 2.75) is 44.6 Å². The Labute approximate surface area is 179 Å². The fraction of sp³-hybridized carbons (Fsp3) is 0.350. The summed E-state index contributed by atoms with van der Waals surface area (Å²) in [5.74, 6) is -0.156. The molecule has 168 valence electrons. The number of rotatable bonds is 6. The molecular weight excluding hydrogens is 450 g/mol. The Morgan fingerprint density at radius 3 is 2.42 bits per heavy atom. The van der Waals surface area contributed by atoms with Crippen LogP contribution in [-0.4, -0.2) is 23.5 Å². The van der Waals surface area contributed by atoms with E-state index in [1.54, 1.807) is 18.0 Å². The molecule has 31 heavy (non-hydrogen) atoms. The highest BCUT2D eigenvalue weighted by molar-refractivity contribution is 6.33. The molecule has 2 aromatic rings. The van der Waals surface area contributed by atoms with Gasteiger partial charge in [0.05, 0.1) is 29.3 Å². The molecule has 0 saturated carbocycles. The van der Waals surface area contributed by atoms with Crippen molar-refractivity contribution in [3.8, 4) is 5.75 Å². The molecule has 2 heterocycles. The number of benzene rings is 1. The van der Waals surface area contributed by atoms with Gasteiger partial charge in [0.1, 0.15) is 5.75 Å². The molecule has 1 aliphatic heterocycles. The van der Waals surface area contributed by atoms with Crippen molar-refractivity contribution in [3.05, 3.63) is 65.0 Å². The molecule has 0 amide bonds. The maximum Gasteiger partial charge on any atom is 0.573 e. The lowest BCUT2D eigenvalue weighted by Gasteiger charge is -2.30. The van der Waals surface area contributed by atoms with Gasteiger partial charge in [-0.25, -0.2) is 4.98 Å². The van der Waals surface area contributed by atoms with E-state index in [2.05, 4.69) is 9.72 Å². The van der Waals surface area contributed by atoms with Gasteiger partial charge >= 0.3 is 12.5 Å². The van der Waals surface area contributed by atoms with Crippen LogP contribution < -0.4 is 9.64 Å². The first-order valence-corrected chi connectivity index (χ1v) is 9.46. The smallest absolute Gasteiger partial charge is 0.406 e. The quantitative estimate of drug-likeness (QED) is 0.465. The summed E-state index contributed by atoms with van der Waals surface area (Å²) < 4.78 is 84.8.